The predicted octanol–water partition coefficient (Wildman–Crippen LogP) is 3.62. The van der Waals surface area contributed by atoms with Crippen molar-refractivity contribution in [1.29, 1.82) is 0 Å². The molecule has 1 heterocycles. The van der Waals surface area contributed by atoms with Crippen molar-refractivity contribution in [2.45, 2.75) is 18.9 Å². The first kappa shape index (κ1) is 20.5. The molecule has 2 aromatic carbocycles. The Morgan fingerprint density at radius 2 is 1.86 bits per heavy atom. The molecule has 0 saturated carbocycles. The molecule has 0 radical (unpaired) electrons. The summed E-state index contributed by atoms with van der Waals surface area (Å²) in [6, 6.07) is 7.59. The number of carbonyl (C=O) groups excluding carboxylic acids is 1. The minimum absolute atomic E-state index is 0.0117. The molecule has 1 saturated heterocycles. The zero-order valence-corrected chi connectivity index (χ0v) is 16.1. The van der Waals surface area contributed by atoms with Gasteiger partial charge in [-0.25, -0.2) is 8.78 Å². The number of nitro benzene ring substituents is 1. The summed E-state index contributed by atoms with van der Waals surface area (Å²) in [5.41, 5.74) is 0.536. The topological polar surface area (TPSA) is 75.9 Å². The summed E-state index contributed by atoms with van der Waals surface area (Å²) in [7, 11) is 3.16. The maximum atomic E-state index is 13.8. The number of rotatable bonds is 5. The van der Waals surface area contributed by atoms with Gasteiger partial charge in [-0.3, -0.25) is 14.9 Å². The molecule has 1 amide bonds. The van der Waals surface area contributed by atoms with Crippen molar-refractivity contribution >= 4 is 17.3 Å². The van der Waals surface area contributed by atoms with Gasteiger partial charge in [0.25, 0.3) is 11.6 Å². The van der Waals surface area contributed by atoms with E-state index in [1.54, 1.807) is 26.2 Å². The van der Waals surface area contributed by atoms with Crippen LogP contribution in [0.5, 0.6) is 5.75 Å². The van der Waals surface area contributed by atoms with Crippen LogP contribution in [0.25, 0.3) is 0 Å². The highest BCUT2D eigenvalue weighted by Crippen LogP contribution is 2.32. The number of hydrogen-bond donors (Lipinski definition) is 0. The zero-order chi connectivity index (χ0) is 21.1. The third kappa shape index (κ3) is 4.61. The fourth-order valence-corrected chi connectivity index (χ4v) is 3.29. The van der Waals surface area contributed by atoms with E-state index in [9.17, 15) is 23.7 Å². The Bertz CT molecular complexity index is 928. The number of anilines is 1. The van der Waals surface area contributed by atoms with Gasteiger partial charge in [0.15, 0.2) is 11.6 Å². The van der Waals surface area contributed by atoms with Crippen molar-refractivity contribution in [3.63, 3.8) is 0 Å². The highest BCUT2D eigenvalue weighted by molar-refractivity contribution is 5.95. The molecule has 0 bridgehead atoms. The van der Waals surface area contributed by atoms with E-state index in [4.69, 9.17) is 4.74 Å². The molecular formula is C20H21F2N3O4. The van der Waals surface area contributed by atoms with Crippen LogP contribution in [0.4, 0.5) is 20.2 Å². The van der Waals surface area contributed by atoms with Crippen molar-refractivity contribution in [2.75, 3.05) is 32.1 Å². The largest absolute Gasteiger partial charge is 0.487 e. The number of amides is 1. The molecule has 0 atom stereocenters. The lowest BCUT2D eigenvalue weighted by Gasteiger charge is -2.33. The number of halogens is 2. The van der Waals surface area contributed by atoms with Crippen LogP contribution in [-0.2, 0) is 0 Å². The molecule has 0 N–H and O–H groups in total. The van der Waals surface area contributed by atoms with Crippen molar-refractivity contribution in [2.24, 2.45) is 0 Å². The summed E-state index contributed by atoms with van der Waals surface area (Å²) in [6.07, 6.45) is 0.762. The van der Waals surface area contributed by atoms with Gasteiger partial charge in [-0.15, -0.1) is 0 Å². The number of nitro groups is 1. The predicted molar refractivity (Wildman–Crippen MR) is 103 cm³/mol. The Labute approximate surface area is 166 Å². The maximum Gasteiger partial charge on any atom is 0.293 e. The van der Waals surface area contributed by atoms with Crippen molar-refractivity contribution in [3.05, 3.63) is 63.7 Å². The van der Waals surface area contributed by atoms with Crippen LogP contribution < -0.4 is 9.64 Å². The van der Waals surface area contributed by atoms with Gasteiger partial charge in [0.2, 0.25) is 0 Å². The minimum atomic E-state index is -0.760. The van der Waals surface area contributed by atoms with E-state index in [2.05, 4.69) is 0 Å². The smallest absolute Gasteiger partial charge is 0.293 e. The molecule has 3 rings (SSSR count). The van der Waals surface area contributed by atoms with E-state index in [0.717, 1.165) is 12.1 Å². The Morgan fingerprint density at radius 3 is 2.45 bits per heavy atom. The minimum Gasteiger partial charge on any atom is -0.487 e. The molecule has 29 heavy (non-hydrogen) atoms. The van der Waals surface area contributed by atoms with Crippen LogP contribution in [0, 0.1) is 21.7 Å². The number of benzene rings is 2. The quantitative estimate of drug-likeness (QED) is 0.561. The monoisotopic (exact) mass is 405 g/mol. The first-order chi connectivity index (χ1) is 13.8. The van der Waals surface area contributed by atoms with Crippen molar-refractivity contribution < 1.29 is 23.2 Å². The van der Waals surface area contributed by atoms with Gasteiger partial charge >= 0.3 is 0 Å². The van der Waals surface area contributed by atoms with Crippen molar-refractivity contribution in [1.82, 2.24) is 4.90 Å². The molecular weight excluding hydrogens is 384 g/mol. The lowest BCUT2D eigenvalue weighted by molar-refractivity contribution is -0.384. The third-order valence-corrected chi connectivity index (χ3v) is 4.80. The average molecular weight is 405 g/mol. The molecule has 0 aromatic heterocycles. The second-order valence-electron chi connectivity index (χ2n) is 7.04. The van der Waals surface area contributed by atoms with Gasteiger partial charge in [-0.1, -0.05) is 0 Å². The second-order valence-corrected chi connectivity index (χ2v) is 7.04. The Balaban J connectivity index is 1.71. The molecule has 2 aromatic rings. The van der Waals surface area contributed by atoms with Crippen LogP contribution in [0.1, 0.15) is 23.2 Å². The Morgan fingerprint density at radius 1 is 1.17 bits per heavy atom. The number of nitrogens with zero attached hydrogens (tertiary/aromatic N) is 3. The number of ether oxygens (including phenoxy) is 1. The van der Waals surface area contributed by atoms with Gasteiger partial charge in [-0.05, 0) is 24.3 Å². The normalized spacial score (nSPS) is 14.6. The highest BCUT2D eigenvalue weighted by atomic mass is 19.1. The summed E-state index contributed by atoms with van der Waals surface area (Å²) in [6.45, 7) is 0.935. The molecule has 154 valence electrons. The lowest BCUT2D eigenvalue weighted by atomic mass is 10.0. The molecule has 1 fully saturated rings. The summed E-state index contributed by atoms with van der Waals surface area (Å²) in [5, 5.41) is 11.5. The Kier molecular flexibility index (Phi) is 5.95. The molecule has 0 spiro atoms. The standard InChI is InChI=1S/C20H21F2N3O4/c1-23(2)20(26)13-3-5-17(18(11-13)25(27)28)24-9-7-15(8-10-24)29-19-6-4-14(21)12-16(19)22/h3-6,11-12,15H,7-10H2,1-2H3. The van der Waals surface area contributed by atoms with E-state index in [-0.39, 0.29) is 29.0 Å². The highest BCUT2D eigenvalue weighted by Gasteiger charge is 2.27. The zero-order valence-electron chi connectivity index (χ0n) is 16.1. The summed E-state index contributed by atoms with van der Waals surface area (Å²) < 4.78 is 32.4. The maximum absolute atomic E-state index is 13.8. The summed E-state index contributed by atoms with van der Waals surface area (Å²) >= 11 is 0. The van der Waals surface area contributed by atoms with E-state index >= 15 is 0 Å². The van der Waals surface area contributed by atoms with Gasteiger partial charge in [0.05, 0.1) is 4.92 Å². The molecule has 9 heteroatoms. The van der Waals surface area contributed by atoms with Gasteiger partial charge in [0.1, 0.15) is 17.6 Å². The van der Waals surface area contributed by atoms with Gasteiger partial charge in [0, 0.05) is 57.7 Å². The van der Waals surface area contributed by atoms with E-state index in [1.807, 2.05) is 4.90 Å². The summed E-state index contributed by atoms with van der Waals surface area (Å²) in [4.78, 5) is 26.3. The molecule has 1 aliphatic rings. The van der Waals surface area contributed by atoms with Crippen LogP contribution in [0.2, 0.25) is 0 Å². The average Bonchev–Trinajstić information content (AvgIpc) is 2.69. The fourth-order valence-electron chi connectivity index (χ4n) is 3.29. The van der Waals surface area contributed by atoms with Crippen LogP contribution >= 0.6 is 0 Å². The Hall–Kier alpha value is -3.23. The molecule has 0 aliphatic carbocycles. The van der Waals surface area contributed by atoms with E-state index < -0.39 is 16.6 Å². The van der Waals surface area contributed by atoms with Crippen LogP contribution in [0.15, 0.2) is 36.4 Å². The first-order valence-electron chi connectivity index (χ1n) is 9.13. The summed E-state index contributed by atoms with van der Waals surface area (Å²) in [5.74, 6) is -1.76. The SMILES string of the molecule is CN(C)C(=O)c1ccc(N2CCC(Oc3ccc(F)cc3F)CC2)c([N+](=O)[O-])c1. The number of piperidine rings is 1. The second kappa shape index (κ2) is 8.42. The molecule has 0 unspecified atom stereocenters. The van der Waals surface area contributed by atoms with Crippen LogP contribution in [0.3, 0.4) is 0 Å². The third-order valence-electron chi connectivity index (χ3n) is 4.80. The molecule has 7 nitrogen and oxygen atoms in total. The first-order valence-corrected chi connectivity index (χ1v) is 9.13. The number of carbonyl (C=O) groups is 1. The fraction of sp³-hybridized carbons (Fsp3) is 0.350. The van der Waals surface area contributed by atoms with Crippen molar-refractivity contribution in [3.8, 4) is 5.75 Å². The molecule has 1 aliphatic heterocycles. The van der Waals surface area contributed by atoms with Gasteiger partial charge < -0.3 is 14.5 Å². The van der Waals surface area contributed by atoms with Crippen LogP contribution in [-0.4, -0.2) is 49.0 Å². The van der Waals surface area contributed by atoms with E-state index in [1.165, 1.54) is 17.0 Å². The van der Waals surface area contributed by atoms with Gasteiger partial charge in [-0.2, -0.15) is 0 Å². The lowest BCUT2D eigenvalue weighted by Crippen LogP contribution is -2.38. The van der Waals surface area contributed by atoms with E-state index in [0.29, 0.717) is 31.6 Å². The number of hydrogen-bond acceptors (Lipinski definition) is 5.